The van der Waals surface area contributed by atoms with Crippen LogP contribution in [0.5, 0.6) is 0 Å². The minimum atomic E-state index is -0.633. The molecule has 5 heteroatoms. The fourth-order valence-electron chi connectivity index (χ4n) is 1.90. The molecule has 0 aliphatic rings. The van der Waals surface area contributed by atoms with Gasteiger partial charge in [0.15, 0.2) is 0 Å². The van der Waals surface area contributed by atoms with E-state index in [4.69, 9.17) is 10.1 Å². The van der Waals surface area contributed by atoms with Crippen molar-refractivity contribution in [1.82, 2.24) is 10.2 Å². The molecule has 0 radical (unpaired) electrons. The van der Waals surface area contributed by atoms with Gasteiger partial charge in [0.05, 0.1) is 6.61 Å². The van der Waals surface area contributed by atoms with Crippen molar-refractivity contribution in [1.29, 1.82) is 5.41 Å². The maximum absolute atomic E-state index is 11.5. The van der Waals surface area contributed by atoms with E-state index in [1.54, 1.807) is 6.92 Å². The molecule has 0 saturated carbocycles. The molecule has 0 amide bonds. The first-order chi connectivity index (χ1) is 8.43. The van der Waals surface area contributed by atoms with Crippen LogP contribution in [0.4, 0.5) is 0 Å². The minimum Gasteiger partial charge on any atom is -0.465 e. The third-order valence-corrected chi connectivity index (χ3v) is 2.77. The van der Waals surface area contributed by atoms with Crippen molar-refractivity contribution >= 4 is 12.2 Å². The Morgan fingerprint density at radius 3 is 2.28 bits per heavy atom. The van der Waals surface area contributed by atoms with Crippen LogP contribution in [0.15, 0.2) is 0 Å². The molecule has 0 rings (SSSR count). The van der Waals surface area contributed by atoms with Gasteiger partial charge in [-0.05, 0) is 34.6 Å². The van der Waals surface area contributed by atoms with E-state index in [1.807, 2.05) is 0 Å². The molecule has 106 valence electrons. The van der Waals surface area contributed by atoms with Gasteiger partial charge in [-0.3, -0.25) is 10.2 Å². The van der Waals surface area contributed by atoms with Crippen molar-refractivity contribution in [2.24, 2.45) is 0 Å². The molecular weight excluding hydrogens is 230 g/mol. The van der Waals surface area contributed by atoms with Crippen LogP contribution in [0, 0.1) is 5.41 Å². The standard InChI is InChI=1S/C13H27N3O2/c1-6-18-13(17)12(9-14)15-7-8-16(10(2)3)11(4)5/h9-12,14-15H,6-8H2,1-5H3. The number of hydrogen-bond acceptors (Lipinski definition) is 5. The van der Waals surface area contributed by atoms with Gasteiger partial charge in [0.2, 0.25) is 0 Å². The Kier molecular flexibility index (Phi) is 8.58. The highest BCUT2D eigenvalue weighted by atomic mass is 16.5. The molecule has 0 aliphatic carbocycles. The van der Waals surface area contributed by atoms with Gasteiger partial charge in [0.1, 0.15) is 6.04 Å². The van der Waals surface area contributed by atoms with E-state index in [0.717, 1.165) is 12.8 Å². The van der Waals surface area contributed by atoms with E-state index >= 15 is 0 Å². The Bertz CT molecular complexity index is 247. The van der Waals surface area contributed by atoms with Crippen LogP contribution in [0.3, 0.4) is 0 Å². The lowest BCUT2D eigenvalue weighted by Crippen LogP contribution is -2.46. The van der Waals surface area contributed by atoms with Gasteiger partial charge in [-0.15, -0.1) is 0 Å². The average Bonchev–Trinajstić information content (AvgIpc) is 2.28. The van der Waals surface area contributed by atoms with Crippen molar-refractivity contribution in [2.45, 2.75) is 52.7 Å². The predicted octanol–water partition coefficient (Wildman–Crippen LogP) is 1.28. The summed E-state index contributed by atoms with van der Waals surface area (Å²) in [5.74, 6) is -0.381. The monoisotopic (exact) mass is 257 g/mol. The number of nitrogens with zero attached hydrogens (tertiary/aromatic N) is 1. The van der Waals surface area contributed by atoms with Crippen LogP contribution in [0.2, 0.25) is 0 Å². The van der Waals surface area contributed by atoms with Crippen LogP contribution in [0.25, 0.3) is 0 Å². The highest BCUT2D eigenvalue weighted by molar-refractivity contribution is 5.93. The number of rotatable bonds is 9. The lowest BCUT2D eigenvalue weighted by molar-refractivity contribution is -0.143. The first-order valence-corrected chi connectivity index (χ1v) is 6.60. The quantitative estimate of drug-likeness (QED) is 0.482. The molecule has 0 aromatic heterocycles. The first kappa shape index (κ1) is 17.1. The number of hydrogen-bond donors (Lipinski definition) is 2. The van der Waals surface area contributed by atoms with Gasteiger partial charge in [-0.25, -0.2) is 4.79 Å². The summed E-state index contributed by atoms with van der Waals surface area (Å²) in [6, 6.07) is 0.298. The SMILES string of the molecule is CCOC(=O)C(C=N)NCCN(C(C)C)C(C)C. The molecule has 18 heavy (non-hydrogen) atoms. The van der Waals surface area contributed by atoms with E-state index in [9.17, 15) is 4.79 Å². The second-order valence-corrected chi connectivity index (χ2v) is 4.78. The number of carbonyl (C=O) groups excluding carboxylic acids is 1. The Morgan fingerprint density at radius 2 is 1.89 bits per heavy atom. The van der Waals surface area contributed by atoms with E-state index in [1.165, 1.54) is 0 Å². The van der Waals surface area contributed by atoms with Crippen LogP contribution in [-0.2, 0) is 9.53 Å². The summed E-state index contributed by atoms with van der Waals surface area (Å²) in [7, 11) is 0. The van der Waals surface area contributed by atoms with Gasteiger partial charge >= 0.3 is 5.97 Å². The van der Waals surface area contributed by atoms with Crippen molar-refractivity contribution in [3.63, 3.8) is 0 Å². The van der Waals surface area contributed by atoms with Gasteiger partial charge in [-0.2, -0.15) is 0 Å². The van der Waals surface area contributed by atoms with E-state index < -0.39 is 6.04 Å². The van der Waals surface area contributed by atoms with Gasteiger partial charge in [0, 0.05) is 31.4 Å². The van der Waals surface area contributed by atoms with E-state index in [-0.39, 0.29) is 5.97 Å². The van der Waals surface area contributed by atoms with Crippen molar-refractivity contribution < 1.29 is 9.53 Å². The minimum absolute atomic E-state index is 0.342. The smallest absolute Gasteiger partial charge is 0.328 e. The fraction of sp³-hybridized carbons (Fsp3) is 0.846. The fourth-order valence-corrected chi connectivity index (χ4v) is 1.90. The molecule has 1 atom stereocenters. The number of carbonyl (C=O) groups is 1. The van der Waals surface area contributed by atoms with E-state index in [2.05, 4.69) is 37.9 Å². The summed E-state index contributed by atoms with van der Waals surface area (Å²) in [5.41, 5.74) is 0. The molecule has 2 N–H and O–H groups in total. The zero-order valence-electron chi connectivity index (χ0n) is 12.2. The topological polar surface area (TPSA) is 65.4 Å². The molecule has 1 unspecified atom stereocenters. The molecule has 0 heterocycles. The van der Waals surface area contributed by atoms with Crippen LogP contribution in [-0.4, -0.2) is 54.9 Å². The van der Waals surface area contributed by atoms with Gasteiger partial charge in [-0.1, -0.05) is 0 Å². The third-order valence-electron chi connectivity index (χ3n) is 2.77. The molecule has 0 saturated heterocycles. The third kappa shape index (κ3) is 6.12. The largest absolute Gasteiger partial charge is 0.465 e. The Morgan fingerprint density at radius 1 is 1.33 bits per heavy atom. The molecule has 5 nitrogen and oxygen atoms in total. The number of esters is 1. The summed E-state index contributed by atoms with van der Waals surface area (Å²) in [6.07, 6.45) is 1.09. The van der Waals surface area contributed by atoms with Crippen LogP contribution < -0.4 is 5.32 Å². The molecule has 0 spiro atoms. The number of nitrogens with one attached hydrogen (secondary N) is 2. The summed E-state index contributed by atoms with van der Waals surface area (Å²) in [4.78, 5) is 13.8. The zero-order valence-corrected chi connectivity index (χ0v) is 12.2. The molecule has 0 aromatic rings. The highest BCUT2D eigenvalue weighted by Gasteiger charge is 2.18. The van der Waals surface area contributed by atoms with Crippen LogP contribution >= 0.6 is 0 Å². The first-order valence-electron chi connectivity index (χ1n) is 6.60. The second kappa shape index (κ2) is 9.05. The van der Waals surface area contributed by atoms with Crippen molar-refractivity contribution in [3.8, 4) is 0 Å². The molecule has 0 aromatic carbocycles. The maximum atomic E-state index is 11.5. The zero-order chi connectivity index (χ0) is 14.1. The van der Waals surface area contributed by atoms with E-state index in [0.29, 0.717) is 25.2 Å². The summed E-state index contributed by atoms with van der Waals surface area (Å²) >= 11 is 0. The average molecular weight is 257 g/mol. The predicted molar refractivity (Wildman–Crippen MR) is 74.2 cm³/mol. The van der Waals surface area contributed by atoms with Crippen molar-refractivity contribution in [3.05, 3.63) is 0 Å². The second-order valence-electron chi connectivity index (χ2n) is 4.78. The van der Waals surface area contributed by atoms with Gasteiger partial charge < -0.3 is 10.1 Å². The normalized spacial score (nSPS) is 13.1. The molecule has 0 fully saturated rings. The van der Waals surface area contributed by atoms with Gasteiger partial charge in [0.25, 0.3) is 0 Å². The highest BCUT2D eigenvalue weighted by Crippen LogP contribution is 2.03. The summed E-state index contributed by atoms with van der Waals surface area (Å²) in [5, 5.41) is 10.3. The molecule has 0 aliphatic heterocycles. The Balaban J connectivity index is 4.13. The Labute approximate surface area is 110 Å². The lowest BCUT2D eigenvalue weighted by atomic mass is 10.2. The lowest BCUT2D eigenvalue weighted by Gasteiger charge is -2.30. The Hall–Kier alpha value is -0.940. The molecule has 0 bridgehead atoms. The van der Waals surface area contributed by atoms with Crippen LogP contribution in [0.1, 0.15) is 34.6 Å². The maximum Gasteiger partial charge on any atom is 0.328 e. The summed E-state index contributed by atoms with van der Waals surface area (Å²) in [6.45, 7) is 12.2. The summed E-state index contributed by atoms with van der Waals surface area (Å²) < 4.78 is 4.88. The number of ether oxygens (including phenoxy) is 1. The van der Waals surface area contributed by atoms with Crippen molar-refractivity contribution in [2.75, 3.05) is 19.7 Å². The molecular formula is C13H27N3O2.